The molecule has 1 aromatic heterocycles. The molecule has 6 nitrogen and oxygen atoms in total. The Labute approximate surface area is 235 Å². The van der Waals surface area contributed by atoms with Crippen molar-refractivity contribution < 1.29 is 9.59 Å². The van der Waals surface area contributed by atoms with E-state index in [1.54, 1.807) is 12.1 Å². The number of aromatic nitrogens is 1. The summed E-state index contributed by atoms with van der Waals surface area (Å²) in [6, 6.07) is 17.2. The van der Waals surface area contributed by atoms with Gasteiger partial charge in [0.25, 0.3) is 11.8 Å². The van der Waals surface area contributed by atoms with Crippen molar-refractivity contribution in [3.05, 3.63) is 94.3 Å². The second-order valence-corrected chi connectivity index (χ2v) is 11.7. The summed E-state index contributed by atoms with van der Waals surface area (Å²) in [6.45, 7) is 3.70. The lowest BCUT2D eigenvalue weighted by molar-refractivity contribution is 0.0541. The van der Waals surface area contributed by atoms with E-state index in [1.807, 2.05) is 41.6 Å². The van der Waals surface area contributed by atoms with E-state index in [4.69, 9.17) is 11.6 Å². The lowest BCUT2D eigenvalue weighted by Crippen LogP contribution is -2.50. The molecule has 7 heteroatoms. The zero-order valence-corrected chi connectivity index (χ0v) is 23.0. The van der Waals surface area contributed by atoms with Crippen LogP contribution in [-0.2, 0) is 6.42 Å². The summed E-state index contributed by atoms with van der Waals surface area (Å²) < 4.78 is 0. The van der Waals surface area contributed by atoms with Crippen LogP contribution >= 0.6 is 11.6 Å². The number of pyridine rings is 1. The molecule has 2 aliphatic heterocycles. The number of amides is 2. The number of fused-ring (bicyclic) bond motifs is 1. The number of carbonyl (C=O) groups excluding carboxylic acids is 2. The van der Waals surface area contributed by atoms with E-state index in [9.17, 15) is 9.59 Å². The van der Waals surface area contributed by atoms with Crippen molar-refractivity contribution in [1.29, 1.82) is 0 Å². The van der Waals surface area contributed by atoms with Crippen LogP contribution in [0.1, 0.15) is 76.4 Å². The zero-order valence-electron chi connectivity index (χ0n) is 22.2. The third-order valence-corrected chi connectivity index (χ3v) is 9.26. The van der Waals surface area contributed by atoms with Crippen molar-refractivity contribution in [3.63, 3.8) is 0 Å². The van der Waals surface area contributed by atoms with Gasteiger partial charge in [-0.3, -0.25) is 14.6 Å². The van der Waals surface area contributed by atoms with Crippen LogP contribution in [0.15, 0.2) is 67.0 Å². The summed E-state index contributed by atoms with van der Waals surface area (Å²) >= 11 is 6.27. The lowest BCUT2D eigenvalue weighted by atomic mass is 9.72. The number of piperidine rings is 2. The fourth-order valence-corrected chi connectivity index (χ4v) is 6.94. The van der Waals surface area contributed by atoms with Gasteiger partial charge >= 0.3 is 0 Å². The summed E-state index contributed by atoms with van der Waals surface area (Å²) in [4.78, 5) is 35.3. The van der Waals surface area contributed by atoms with Crippen LogP contribution in [0.25, 0.3) is 0 Å². The van der Waals surface area contributed by atoms with Crippen LogP contribution in [0.2, 0.25) is 5.02 Å². The molecule has 2 aromatic carbocycles. The van der Waals surface area contributed by atoms with Gasteiger partial charge in [0.05, 0.1) is 16.6 Å². The molecule has 2 amide bonds. The van der Waals surface area contributed by atoms with E-state index >= 15 is 0 Å². The molecule has 3 aromatic rings. The van der Waals surface area contributed by atoms with Crippen LogP contribution < -0.4 is 10.2 Å². The van der Waals surface area contributed by atoms with Crippen LogP contribution in [0.5, 0.6) is 0 Å². The molecule has 202 valence electrons. The maximum absolute atomic E-state index is 13.6. The fraction of sp³-hybridized carbons (Fsp3) is 0.406. The maximum Gasteiger partial charge on any atom is 0.253 e. The second kappa shape index (κ2) is 11.0. The largest absolute Gasteiger partial charge is 0.371 e. The van der Waals surface area contributed by atoms with Crippen molar-refractivity contribution in [2.45, 2.75) is 51.0 Å². The molecule has 0 unspecified atom stereocenters. The van der Waals surface area contributed by atoms with Crippen molar-refractivity contribution in [1.82, 2.24) is 15.2 Å². The Kier molecular flexibility index (Phi) is 7.30. The molecule has 1 spiro atoms. The average molecular weight is 543 g/mol. The van der Waals surface area contributed by atoms with Gasteiger partial charge in [-0.15, -0.1) is 0 Å². The molecular formula is C32H35ClN4O2. The Morgan fingerprint density at radius 1 is 0.949 bits per heavy atom. The minimum absolute atomic E-state index is 0.0937. The van der Waals surface area contributed by atoms with Crippen LogP contribution in [0.3, 0.4) is 0 Å². The lowest BCUT2D eigenvalue weighted by Gasteiger charge is -2.48. The first-order chi connectivity index (χ1) is 19.0. The number of aryl methyl sites for hydroxylation is 1. The SMILES string of the molecule is O=C(N[C@@H]1CCCc2ccc(C(=O)N3CCC4(CCCN(c5ccncc5)C4)CC3)cc21)c1ccccc1Cl. The van der Waals surface area contributed by atoms with Crippen molar-refractivity contribution >= 4 is 29.1 Å². The Bertz CT molecular complexity index is 1350. The normalized spacial score (nSPS) is 20.4. The molecule has 2 fully saturated rings. The van der Waals surface area contributed by atoms with Gasteiger partial charge in [-0.2, -0.15) is 0 Å². The number of anilines is 1. The number of carbonyl (C=O) groups is 2. The molecule has 3 aliphatic rings. The summed E-state index contributed by atoms with van der Waals surface area (Å²) in [6.07, 6.45) is 11.0. The summed E-state index contributed by atoms with van der Waals surface area (Å²) in [5, 5.41) is 3.62. The zero-order chi connectivity index (χ0) is 26.8. The summed E-state index contributed by atoms with van der Waals surface area (Å²) in [5.74, 6) is -0.0824. The molecule has 6 rings (SSSR count). The molecule has 39 heavy (non-hydrogen) atoms. The molecule has 1 atom stereocenters. The van der Waals surface area contributed by atoms with Crippen molar-refractivity contribution in [2.24, 2.45) is 5.41 Å². The van der Waals surface area contributed by atoms with E-state index in [-0.39, 0.29) is 23.3 Å². The molecule has 3 heterocycles. The molecule has 0 bridgehead atoms. The second-order valence-electron chi connectivity index (χ2n) is 11.3. The fourth-order valence-electron chi connectivity index (χ4n) is 6.72. The number of hydrogen-bond acceptors (Lipinski definition) is 4. The Balaban J connectivity index is 1.13. The van der Waals surface area contributed by atoms with Crippen LogP contribution in [0.4, 0.5) is 5.69 Å². The first-order valence-electron chi connectivity index (χ1n) is 14.1. The Hall–Kier alpha value is -3.38. The van der Waals surface area contributed by atoms with Gasteiger partial charge in [0.2, 0.25) is 0 Å². The Morgan fingerprint density at radius 2 is 1.74 bits per heavy atom. The van der Waals surface area contributed by atoms with Gasteiger partial charge < -0.3 is 15.1 Å². The summed E-state index contributed by atoms with van der Waals surface area (Å²) in [5.41, 5.74) is 4.96. The highest BCUT2D eigenvalue weighted by molar-refractivity contribution is 6.33. The third kappa shape index (κ3) is 5.40. The smallest absolute Gasteiger partial charge is 0.253 e. The van der Waals surface area contributed by atoms with Gasteiger partial charge in [-0.05, 0) is 97.9 Å². The highest BCUT2D eigenvalue weighted by Gasteiger charge is 2.39. The number of rotatable bonds is 4. The maximum atomic E-state index is 13.6. The van der Waals surface area contributed by atoms with Gasteiger partial charge in [0, 0.05) is 49.8 Å². The van der Waals surface area contributed by atoms with Crippen LogP contribution in [0, 0.1) is 5.41 Å². The quantitative estimate of drug-likeness (QED) is 0.435. The van der Waals surface area contributed by atoms with Gasteiger partial charge in [-0.25, -0.2) is 0 Å². The van der Waals surface area contributed by atoms with Crippen molar-refractivity contribution in [3.8, 4) is 0 Å². The highest BCUT2D eigenvalue weighted by Crippen LogP contribution is 2.41. The van der Waals surface area contributed by atoms with E-state index in [2.05, 4.69) is 33.4 Å². The minimum atomic E-state index is -0.176. The van der Waals surface area contributed by atoms with Gasteiger partial charge in [0.15, 0.2) is 0 Å². The van der Waals surface area contributed by atoms with Gasteiger partial charge in [-0.1, -0.05) is 29.8 Å². The molecule has 1 aliphatic carbocycles. The topological polar surface area (TPSA) is 65.5 Å². The predicted octanol–water partition coefficient (Wildman–Crippen LogP) is 6.07. The number of benzene rings is 2. The third-order valence-electron chi connectivity index (χ3n) is 8.93. The summed E-state index contributed by atoms with van der Waals surface area (Å²) in [7, 11) is 0. The molecule has 0 saturated carbocycles. The average Bonchev–Trinajstić information content (AvgIpc) is 2.98. The first-order valence-corrected chi connectivity index (χ1v) is 14.5. The number of nitrogens with one attached hydrogen (secondary N) is 1. The van der Waals surface area contributed by atoms with Crippen molar-refractivity contribution in [2.75, 3.05) is 31.1 Å². The van der Waals surface area contributed by atoms with Gasteiger partial charge in [0.1, 0.15) is 0 Å². The number of hydrogen-bond donors (Lipinski definition) is 1. The Morgan fingerprint density at radius 3 is 2.54 bits per heavy atom. The number of halogens is 1. The standard InChI is InChI=1S/C32H35ClN4O2/c33-28-7-2-1-6-26(28)30(38)35-29-8-3-5-23-9-10-24(21-27(23)29)31(39)36-19-14-32(15-20-36)13-4-18-37(22-32)25-11-16-34-17-12-25/h1-2,6-7,9-12,16-17,21,29H,3-5,8,13-15,18-20,22H2,(H,35,38)/t29-/m1/s1. The first kappa shape index (κ1) is 25.9. The number of nitrogens with zero attached hydrogens (tertiary/aromatic N) is 3. The van der Waals surface area contributed by atoms with E-state index in [0.717, 1.165) is 63.8 Å². The monoisotopic (exact) mass is 542 g/mol. The van der Waals surface area contributed by atoms with E-state index < -0.39 is 0 Å². The van der Waals surface area contributed by atoms with Crippen LogP contribution in [-0.4, -0.2) is 47.9 Å². The van der Waals surface area contributed by atoms with E-state index in [0.29, 0.717) is 16.1 Å². The predicted molar refractivity (Wildman–Crippen MR) is 154 cm³/mol. The minimum Gasteiger partial charge on any atom is -0.371 e. The molecule has 1 N–H and O–H groups in total. The molecule has 0 radical (unpaired) electrons. The number of likely N-dealkylation sites (tertiary alicyclic amines) is 1. The molecular weight excluding hydrogens is 508 g/mol. The highest BCUT2D eigenvalue weighted by atomic mass is 35.5. The van der Waals surface area contributed by atoms with E-state index in [1.165, 1.54) is 24.1 Å². The molecule has 2 saturated heterocycles.